The van der Waals surface area contributed by atoms with Gasteiger partial charge in [0.2, 0.25) is 0 Å². The Hall–Kier alpha value is -1.95. The maximum absolute atomic E-state index is 12.6. The summed E-state index contributed by atoms with van der Waals surface area (Å²) in [6.45, 7) is 6.43. The molecule has 2 N–H and O–H groups in total. The molecule has 0 unspecified atom stereocenters. The number of nitrogens with one attached hydrogen (secondary N) is 2. The van der Waals surface area contributed by atoms with Gasteiger partial charge in [-0.25, -0.2) is 4.98 Å². The number of H-pyrrole nitrogens is 2. The van der Waals surface area contributed by atoms with Crippen molar-refractivity contribution >= 4 is 21.6 Å². The molecule has 0 saturated heterocycles. The lowest BCUT2D eigenvalue weighted by atomic mass is 9.97. The van der Waals surface area contributed by atoms with Crippen LogP contribution in [0.1, 0.15) is 50.2 Å². The number of nitrogens with zero attached hydrogens (tertiary/aromatic N) is 2. The lowest BCUT2D eigenvalue weighted by Gasteiger charge is -2.14. The average molecular weight is 328 g/mol. The van der Waals surface area contributed by atoms with E-state index in [9.17, 15) is 4.79 Å². The molecule has 1 aliphatic rings. The molecule has 0 radical (unpaired) electrons. The normalized spacial score (nSPS) is 15.5. The lowest BCUT2D eigenvalue weighted by Crippen LogP contribution is -2.15. The summed E-state index contributed by atoms with van der Waals surface area (Å²) in [5.74, 6) is 1.47. The Labute approximate surface area is 138 Å². The maximum atomic E-state index is 12.6. The van der Waals surface area contributed by atoms with Crippen molar-refractivity contribution in [2.75, 3.05) is 0 Å². The lowest BCUT2D eigenvalue weighted by molar-refractivity contribution is 0.511. The molecule has 3 aromatic rings. The van der Waals surface area contributed by atoms with E-state index in [2.05, 4.69) is 36.0 Å². The summed E-state index contributed by atoms with van der Waals surface area (Å²) in [6.07, 6.45) is 4.89. The first kappa shape index (κ1) is 14.6. The molecule has 0 spiro atoms. The summed E-state index contributed by atoms with van der Waals surface area (Å²) in [5, 5.41) is 7.27. The van der Waals surface area contributed by atoms with Gasteiger partial charge < -0.3 is 4.98 Å². The first-order valence-corrected chi connectivity index (χ1v) is 8.96. The number of hydrogen-bond donors (Lipinski definition) is 2. The summed E-state index contributed by atoms with van der Waals surface area (Å²) < 4.78 is 0.740. The zero-order chi connectivity index (χ0) is 16.1. The standard InChI is InChI=1S/C17H20N4OS/c1-8(2)9(3)16-19-13-10-5-4-6-12-11(7-18-21-12)14(10)23-15(13)17(22)20-16/h7-9H,4-6H2,1-3H3,(H,18,21)(H,19,20,22)/t9-/m1/s1. The van der Waals surface area contributed by atoms with Crippen LogP contribution in [0.4, 0.5) is 0 Å². The first-order valence-electron chi connectivity index (χ1n) is 8.14. The topological polar surface area (TPSA) is 74.4 Å². The van der Waals surface area contributed by atoms with Crippen molar-refractivity contribution in [2.24, 2.45) is 5.92 Å². The van der Waals surface area contributed by atoms with E-state index in [-0.39, 0.29) is 11.5 Å². The third-order valence-electron chi connectivity index (χ3n) is 4.91. The Bertz CT molecular complexity index is 934. The summed E-state index contributed by atoms with van der Waals surface area (Å²) >= 11 is 1.55. The number of aryl methyl sites for hydroxylation is 2. The highest BCUT2D eigenvalue weighted by Gasteiger charge is 2.24. The van der Waals surface area contributed by atoms with Crippen LogP contribution in [-0.4, -0.2) is 20.2 Å². The van der Waals surface area contributed by atoms with Crippen LogP contribution in [0.15, 0.2) is 11.0 Å². The van der Waals surface area contributed by atoms with Gasteiger partial charge in [-0.1, -0.05) is 20.8 Å². The Kier molecular flexibility index (Phi) is 3.37. The van der Waals surface area contributed by atoms with Crippen LogP contribution >= 0.6 is 11.3 Å². The molecule has 120 valence electrons. The molecule has 0 fully saturated rings. The second kappa shape index (κ2) is 5.30. The molecule has 6 heteroatoms. The molecule has 5 nitrogen and oxygen atoms in total. The average Bonchev–Trinajstić information content (AvgIpc) is 3.08. The van der Waals surface area contributed by atoms with Crippen LogP contribution < -0.4 is 5.56 Å². The van der Waals surface area contributed by atoms with Crippen LogP contribution in [0.2, 0.25) is 0 Å². The van der Waals surface area contributed by atoms with Crippen molar-refractivity contribution < 1.29 is 0 Å². The van der Waals surface area contributed by atoms with E-state index in [0.717, 1.165) is 45.7 Å². The maximum Gasteiger partial charge on any atom is 0.268 e. The van der Waals surface area contributed by atoms with Gasteiger partial charge in [0.1, 0.15) is 10.5 Å². The molecule has 0 aliphatic heterocycles. The Morgan fingerprint density at radius 2 is 2.09 bits per heavy atom. The van der Waals surface area contributed by atoms with Gasteiger partial charge in [-0.15, -0.1) is 11.3 Å². The monoisotopic (exact) mass is 328 g/mol. The van der Waals surface area contributed by atoms with E-state index in [1.54, 1.807) is 11.3 Å². The van der Waals surface area contributed by atoms with Gasteiger partial charge in [0.05, 0.1) is 11.7 Å². The second-order valence-electron chi connectivity index (χ2n) is 6.69. The quantitative estimate of drug-likeness (QED) is 0.754. The highest BCUT2D eigenvalue weighted by Crippen LogP contribution is 2.40. The molecule has 0 saturated carbocycles. The number of aromatic nitrogens is 4. The van der Waals surface area contributed by atoms with Gasteiger partial charge in [0.15, 0.2) is 0 Å². The smallest absolute Gasteiger partial charge is 0.268 e. The minimum atomic E-state index is -0.0133. The van der Waals surface area contributed by atoms with E-state index in [1.807, 2.05) is 6.20 Å². The molecule has 23 heavy (non-hydrogen) atoms. The molecule has 4 rings (SSSR count). The minimum absolute atomic E-state index is 0.0133. The van der Waals surface area contributed by atoms with E-state index >= 15 is 0 Å². The van der Waals surface area contributed by atoms with Gasteiger partial charge in [0, 0.05) is 22.1 Å². The van der Waals surface area contributed by atoms with Gasteiger partial charge in [-0.3, -0.25) is 9.89 Å². The third kappa shape index (κ3) is 2.24. The van der Waals surface area contributed by atoms with Crippen LogP contribution in [0.25, 0.3) is 20.7 Å². The van der Waals surface area contributed by atoms with Crippen molar-refractivity contribution in [1.82, 2.24) is 20.2 Å². The highest BCUT2D eigenvalue weighted by atomic mass is 32.1. The molecule has 0 amide bonds. The summed E-state index contributed by atoms with van der Waals surface area (Å²) in [4.78, 5) is 21.6. The zero-order valence-corrected chi connectivity index (χ0v) is 14.4. The molecule has 3 aromatic heterocycles. The van der Waals surface area contributed by atoms with Gasteiger partial charge in [-0.2, -0.15) is 5.10 Å². The molecular weight excluding hydrogens is 308 g/mol. The van der Waals surface area contributed by atoms with Crippen molar-refractivity contribution in [3.63, 3.8) is 0 Å². The van der Waals surface area contributed by atoms with Crippen molar-refractivity contribution in [3.8, 4) is 10.4 Å². The molecule has 0 bridgehead atoms. The van der Waals surface area contributed by atoms with E-state index < -0.39 is 0 Å². The number of rotatable bonds is 2. The Morgan fingerprint density at radius 3 is 2.87 bits per heavy atom. The SMILES string of the molecule is CC(C)[C@@H](C)c1nc2c3c(sc2c(=O)[nH]1)-c1cn[nH]c1CCC3. The third-order valence-corrected chi connectivity index (χ3v) is 6.16. The van der Waals surface area contributed by atoms with Gasteiger partial charge in [0.25, 0.3) is 5.56 Å². The fourth-order valence-corrected chi connectivity index (χ4v) is 4.39. The fourth-order valence-electron chi connectivity index (χ4n) is 3.17. The summed E-state index contributed by atoms with van der Waals surface area (Å²) in [7, 11) is 0. The van der Waals surface area contributed by atoms with E-state index in [4.69, 9.17) is 4.98 Å². The largest absolute Gasteiger partial charge is 0.309 e. The summed E-state index contributed by atoms with van der Waals surface area (Å²) in [5.41, 5.74) is 4.40. The second-order valence-corrected chi connectivity index (χ2v) is 7.71. The van der Waals surface area contributed by atoms with Gasteiger partial charge >= 0.3 is 0 Å². The van der Waals surface area contributed by atoms with Crippen molar-refractivity contribution in [2.45, 2.75) is 46.0 Å². The molecule has 1 aliphatic carbocycles. The Balaban J connectivity index is 1.99. The van der Waals surface area contributed by atoms with Crippen molar-refractivity contribution in [3.05, 3.63) is 33.6 Å². The van der Waals surface area contributed by atoms with Crippen LogP contribution in [0.5, 0.6) is 0 Å². The van der Waals surface area contributed by atoms with Crippen LogP contribution in [-0.2, 0) is 12.8 Å². The molecule has 0 aromatic carbocycles. The van der Waals surface area contributed by atoms with Crippen LogP contribution in [0, 0.1) is 5.92 Å². The van der Waals surface area contributed by atoms with Crippen molar-refractivity contribution in [1.29, 1.82) is 0 Å². The van der Waals surface area contributed by atoms with E-state index in [1.165, 1.54) is 11.3 Å². The highest BCUT2D eigenvalue weighted by molar-refractivity contribution is 7.22. The zero-order valence-electron chi connectivity index (χ0n) is 13.6. The number of fused-ring (bicyclic) bond motifs is 5. The van der Waals surface area contributed by atoms with E-state index in [0.29, 0.717) is 5.92 Å². The Morgan fingerprint density at radius 1 is 1.26 bits per heavy atom. The molecule has 1 atom stereocenters. The minimum Gasteiger partial charge on any atom is -0.309 e. The number of thiophene rings is 1. The van der Waals surface area contributed by atoms with Gasteiger partial charge in [-0.05, 0) is 30.7 Å². The number of hydrogen-bond acceptors (Lipinski definition) is 4. The first-order chi connectivity index (χ1) is 11.1. The fraction of sp³-hybridized carbons (Fsp3) is 0.471. The van der Waals surface area contributed by atoms with Crippen LogP contribution in [0.3, 0.4) is 0 Å². The predicted octanol–water partition coefficient (Wildman–Crippen LogP) is 3.62. The number of aromatic amines is 2. The molecule has 3 heterocycles. The molecular formula is C17H20N4OS. The predicted molar refractivity (Wildman–Crippen MR) is 93.1 cm³/mol. The summed E-state index contributed by atoms with van der Waals surface area (Å²) in [6, 6.07) is 0.